The van der Waals surface area contributed by atoms with Crippen LogP contribution in [0.1, 0.15) is 115 Å². The van der Waals surface area contributed by atoms with Gasteiger partial charge in [-0.05, 0) is 134 Å². The lowest BCUT2D eigenvalue weighted by atomic mass is 9.92. The number of pyridine rings is 1. The van der Waals surface area contributed by atoms with Crippen LogP contribution in [0, 0.1) is 19.8 Å². The van der Waals surface area contributed by atoms with Crippen LogP contribution in [0.25, 0.3) is 28.2 Å². The maximum Gasteiger partial charge on any atom is 0.419 e. The van der Waals surface area contributed by atoms with Crippen LogP contribution in [0.3, 0.4) is 0 Å². The minimum atomic E-state index is -3.72. The van der Waals surface area contributed by atoms with Gasteiger partial charge >= 0.3 is 25.7 Å². The van der Waals surface area contributed by atoms with E-state index in [0.717, 1.165) is 80.2 Å². The van der Waals surface area contributed by atoms with Crippen molar-refractivity contribution >= 4 is 101 Å². The number of carbonyl (C=O) groups is 5. The Balaban J connectivity index is 0.000000211. The van der Waals surface area contributed by atoms with Crippen LogP contribution in [0.5, 0.6) is 11.5 Å². The van der Waals surface area contributed by atoms with Crippen LogP contribution in [0.15, 0.2) is 161 Å². The topological polar surface area (TPSA) is 288 Å². The molecule has 23 nitrogen and oxygen atoms in total. The molecule has 1 fully saturated rings. The van der Waals surface area contributed by atoms with Crippen LogP contribution in [-0.4, -0.2) is 109 Å². The van der Waals surface area contributed by atoms with Crippen LogP contribution in [-0.2, 0) is 37.2 Å². The van der Waals surface area contributed by atoms with Gasteiger partial charge in [0.1, 0.15) is 29.2 Å². The first-order valence-corrected chi connectivity index (χ1v) is 35.6. The number of halogens is 1. The number of hydrogen-bond donors (Lipinski definition) is 5. The highest BCUT2D eigenvalue weighted by molar-refractivity contribution is 7.99. The van der Waals surface area contributed by atoms with Gasteiger partial charge in [-0.3, -0.25) is 24.1 Å². The van der Waals surface area contributed by atoms with E-state index in [4.69, 9.17) is 30.7 Å². The standard InChI is InChI=1S/C36H36ClN7O2S2.C34H38N5O9P/c1-5-18-47-30-13-9-7-11-26(30)34-41-40-32-17-15-25(22-43(32)34)48-29-12-8-6-10-23(29)21-38-35(46)39-33-20-31(36(2,3)4)42-44(33)24-14-16-28(45)27(37)19-24;1-5-14-38(34(43)47-20-46-30(41)16-24-9-12-26(13-10-24)48-49(4,44)45)33(42)27-18-39-31(22(27)3)32(35-19-36-39)37-28-17-25(11-6-21(28)2)29(40)15-23-7-8-23/h6-17,19-20,22,45H,5,18,21H2,1-4H3,(H2,38,39,46);6,9-13,17-19,23H,5,7-8,14-16,20H2,1-4H3,(H,44,45)(H,35,36,37). The number of anilines is 3. The molecule has 1 aliphatic rings. The molecule has 27 heteroatoms. The second-order valence-electron chi connectivity index (χ2n) is 24.2. The molecule has 1 saturated carbocycles. The number of benzene rings is 5. The predicted octanol–water partition coefficient (Wildman–Crippen LogP) is 15.2. The smallest absolute Gasteiger partial charge is 0.419 e. The van der Waals surface area contributed by atoms with Gasteiger partial charge in [-0.25, -0.2) is 33.2 Å². The summed E-state index contributed by atoms with van der Waals surface area (Å²) in [6.07, 6.45) is 8.01. The van der Waals surface area contributed by atoms with Gasteiger partial charge in [-0.2, -0.15) is 10.2 Å². The summed E-state index contributed by atoms with van der Waals surface area (Å²) in [5, 5.41) is 37.3. The molecular formula is C70H74ClN12O11PS2. The Kier molecular flexibility index (Phi) is 22.6. The molecule has 1 aliphatic carbocycles. The van der Waals surface area contributed by atoms with Gasteiger partial charge < -0.3 is 34.6 Å². The van der Waals surface area contributed by atoms with E-state index < -0.39 is 32.4 Å². The molecule has 0 radical (unpaired) electrons. The molecule has 1 atom stereocenters. The highest BCUT2D eigenvalue weighted by Crippen LogP contribution is 2.40. The van der Waals surface area contributed by atoms with Gasteiger partial charge in [0.2, 0.25) is 6.79 Å². The molecule has 504 valence electrons. The van der Waals surface area contributed by atoms with E-state index >= 15 is 0 Å². The van der Waals surface area contributed by atoms with Gasteiger partial charge in [0.15, 0.2) is 23.1 Å². The number of aromatic nitrogens is 8. The summed E-state index contributed by atoms with van der Waals surface area (Å²) >= 11 is 9.64. The molecule has 1 unspecified atom stereocenters. The van der Waals surface area contributed by atoms with Crippen LogP contribution >= 0.6 is 42.7 Å². The number of esters is 1. The van der Waals surface area contributed by atoms with Gasteiger partial charge in [0.25, 0.3) is 5.91 Å². The Morgan fingerprint density at radius 1 is 0.856 bits per heavy atom. The number of amides is 4. The number of nitrogens with one attached hydrogen (secondary N) is 3. The van der Waals surface area contributed by atoms with Crippen molar-refractivity contribution in [2.75, 3.05) is 36.4 Å². The number of carbonyl (C=O) groups excluding carboxylic acids is 5. The SMILES string of the molecule is CCCN(C(=O)OCOC(=O)Cc1ccc(OP(C)(=O)O)cc1)C(=O)c1cn2ncnc(Nc3cc(C(=O)CC4CC4)ccc3C)c2c1C.CCCSc1ccccc1-c1nnc2ccc(Sc3ccccc3CNC(=O)Nc3cc(C(C)(C)C)nn3-c3ccc(O)c(Cl)c3)cn12. The average Bonchev–Trinajstić information content (AvgIpc) is 1.66. The number of ketones is 1. The normalized spacial score (nSPS) is 12.7. The summed E-state index contributed by atoms with van der Waals surface area (Å²) in [6, 6.07) is 38.1. The minimum absolute atomic E-state index is 0.0266. The largest absolute Gasteiger partial charge is 0.506 e. The van der Waals surface area contributed by atoms with Crippen molar-refractivity contribution in [2.45, 2.75) is 114 Å². The Hall–Kier alpha value is -9.52. The van der Waals surface area contributed by atoms with Crippen molar-refractivity contribution < 1.29 is 52.5 Å². The van der Waals surface area contributed by atoms with E-state index in [-0.39, 0.29) is 52.3 Å². The van der Waals surface area contributed by atoms with E-state index in [9.17, 15) is 38.5 Å². The molecule has 5 aromatic carbocycles. The second kappa shape index (κ2) is 31.1. The number of imide groups is 1. The fraction of sp³-hybridized carbons (Fsp3) is 0.286. The van der Waals surface area contributed by atoms with Crippen LogP contribution < -0.4 is 20.5 Å². The summed E-state index contributed by atoms with van der Waals surface area (Å²) in [5.41, 5.74) is 7.93. The zero-order valence-electron chi connectivity index (χ0n) is 54.7. The fourth-order valence-corrected chi connectivity index (χ4v) is 12.7. The summed E-state index contributed by atoms with van der Waals surface area (Å²) in [6.45, 7) is 14.5. The van der Waals surface area contributed by atoms with Gasteiger partial charge in [0.05, 0.1) is 28.4 Å². The molecule has 0 aliphatic heterocycles. The zero-order chi connectivity index (χ0) is 69.1. The fourth-order valence-electron chi connectivity index (χ4n) is 10.2. The third-order valence-corrected chi connectivity index (χ3v) is 18.6. The molecule has 11 rings (SSSR count). The summed E-state index contributed by atoms with van der Waals surface area (Å²) in [5.74, 6) is 2.12. The molecule has 5 heterocycles. The van der Waals surface area contributed by atoms with Crippen molar-refractivity contribution in [3.63, 3.8) is 0 Å². The second-order valence-corrected chi connectivity index (χ2v) is 28.7. The maximum atomic E-state index is 13.7. The van der Waals surface area contributed by atoms with Crippen molar-refractivity contribution in [3.8, 4) is 28.6 Å². The summed E-state index contributed by atoms with van der Waals surface area (Å²) < 4.78 is 31.7. The third kappa shape index (κ3) is 18.1. The van der Waals surface area contributed by atoms with Crippen molar-refractivity contribution in [1.29, 1.82) is 0 Å². The number of phenolic OH excluding ortho intramolecular Hbond substituents is 1. The molecule has 0 spiro atoms. The third-order valence-electron chi connectivity index (χ3n) is 15.4. The number of nitrogens with zero attached hydrogens (tertiary/aromatic N) is 9. The molecule has 5 aromatic heterocycles. The van der Waals surface area contributed by atoms with Crippen LogP contribution in [0.4, 0.5) is 26.9 Å². The number of urea groups is 1. The Labute approximate surface area is 574 Å². The van der Waals surface area contributed by atoms with Crippen molar-refractivity contribution in [1.82, 2.24) is 49.2 Å². The summed E-state index contributed by atoms with van der Waals surface area (Å²) in [4.78, 5) is 83.0. The van der Waals surface area contributed by atoms with Crippen molar-refractivity contribution in [3.05, 3.63) is 190 Å². The predicted molar refractivity (Wildman–Crippen MR) is 374 cm³/mol. The van der Waals surface area contributed by atoms with E-state index in [1.54, 1.807) is 42.4 Å². The summed E-state index contributed by atoms with van der Waals surface area (Å²) in [7, 11) is -3.72. The number of rotatable bonds is 24. The number of ether oxygens (including phenoxy) is 2. The van der Waals surface area contributed by atoms with Gasteiger partial charge in [-0.15, -0.1) is 22.0 Å². The van der Waals surface area contributed by atoms with Crippen molar-refractivity contribution in [2.24, 2.45) is 5.92 Å². The van der Waals surface area contributed by atoms with Crippen LogP contribution in [0.2, 0.25) is 5.02 Å². The Bertz CT molecular complexity index is 4600. The van der Waals surface area contributed by atoms with Gasteiger partial charge in [0, 0.05) is 81.6 Å². The first kappa shape index (κ1) is 70.3. The number of aromatic hydroxyl groups is 1. The van der Waals surface area contributed by atoms with E-state index in [1.165, 1.54) is 52.3 Å². The number of thioether (sulfide) groups is 1. The lowest BCUT2D eigenvalue weighted by Crippen LogP contribution is -2.38. The van der Waals surface area contributed by atoms with Gasteiger partial charge in [-0.1, -0.05) is 119 Å². The zero-order valence-corrected chi connectivity index (χ0v) is 58.0. The van der Waals surface area contributed by atoms with E-state index in [1.807, 2.05) is 89.8 Å². The first-order valence-electron chi connectivity index (χ1n) is 31.4. The molecule has 4 amide bonds. The quantitative estimate of drug-likeness (QED) is 0.0123. The molecule has 0 bridgehead atoms. The number of hydrogen-bond acceptors (Lipinski definition) is 18. The Morgan fingerprint density at radius 3 is 2.33 bits per heavy atom. The lowest BCUT2D eigenvalue weighted by Gasteiger charge is -2.19. The van der Waals surface area contributed by atoms with E-state index in [2.05, 4.69) is 88.3 Å². The molecule has 97 heavy (non-hydrogen) atoms. The minimum Gasteiger partial charge on any atom is -0.506 e. The number of phenols is 1. The molecular weight excluding hydrogens is 1320 g/mol. The highest BCUT2D eigenvalue weighted by Gasteiger charge is 2.30. The lowest BCUT2D eigenvalue weighted by molar-refractivity contribution is -0.151. The average molecular weight is 1390 g/mol. The number of aryl methyl sites for hydroxylation is 2. The molecule has 10 aromatic rings. The Morgan fingerprint density at radius 2 is 1.61 bits per heavy atom. The monoisotopic (exact) mass is 1390 g/mol. The maximum absolute atomic E-state index is 13.7. The molecule has 5 N–H and O–H groups in total. The number of Topliss-reactive ketones (excluding diaryl/α,β-unsaturated/α-hetero) is 1. The first-order chi connectivity index (χ1) is 46.4. The number of fused-ring (bicyclic) bond motifs is 2. The van der Waals surface area contributed by atoms with E-state index in [0.29, 0.717) is 70.5 Å². The molecule has 0 saturated heterocycles. The highest BCUT2D eigenvalue weighted by atomic mass is 35.5.